The van der Waals surface area contributed by atoms with Crippen LogP contribution in [0, 0.1) is 0 Å². The molecule has 1 unspecified atom stereocenters. The fourth-order valence-corrected chi connectivity index (χ4v) is 3.66. The van der Waals surface area contributed by atoms with Crippen LogP contribution >= 0.6 is 0 Å². The summed E-state index contributed by atoms with van der Waals surface area (Å²) < 4.78 is 0. The molecule has 0 saturated heterocycles. The van der Waals surface area contributed by atoms with Gasteiger partial charge < -0.3 is 15.1 Å². The van der Waals surface area contributed by atoms with Crippen molar-refractivity contribution in [3.8, 4) is 0 Å². The fourth-order valence-electron chi connectivity index (χ4n) is 3.66. The van der Waals surface area contributed by atoms with Crippen molar-refractivity contribution in [2.75, 3.05) is 18.0 Å². The Balaban J connectivity index is 1.81. The van der Waals surface area contributed by atoms with Crippen molar-refractivity contribution in [1.82, 2.24) is 0 Å². The minimum Gasteiger partial charge on any atom is -0.481 e. The lowest BCUT2D eigenvalue weighted by Crippen LogP contribution is -2.40. The quantitative estimate of drug-likeness (QED) is 0.885. The second kappa shape index (κ2) is 5.09. The van der Waals surface area contributed by atoms with E-state index < -0.39 is 11.6 Å². The summed E-state index contributed by atoms with van der Waals surface area (Å²) in [6, 6.07) is 7.99. The van der Waals surface area contributed by atoms with E-state index in [1.165, 1.54) is 0 Å². The fraction of sp³-hybridized carbons (Fsp3) is 0.562. The summed E-state index contributed by atoms with van der Waals surface area (Å²) in [4.78, 5) is 13.2. The van der Waals surface area contributed by atoms with Gasteiger partial charge in [-0.1, -0.05) is 31.0 Å². The van der Waals surface area contributed by atoms with Crippen LogP contribution in [0.2, 0.25) is 0 Å². The molecule has 1 aromatic carbocycles. The van der Waals surface area contributed by atoms with Crippen LogP contribution in [0.3, 0.4) is 0 Å². The van der Waals surface area contributed by atoms with Crippen LogP contribution in [0.4, 0.5) is 5.69 Å². The zero-order valence-electron chi connectivity index (χ0n) is 11.6. The largest absolute Gasteiger partial charge is 0.481 e. The Morgan fingerprint density at radius 3 is 2.70 bits per heavy atom. The van der Waals surface area contributed by atoms with Crippen molar-refractivity contribution >= 4 is 11.7 Å². The number of carboxylic acid groups (broad SMARTS) is 1. The second-order valence-electron chi connectivity index (χ2n) is 6.17. The van der Waals surface area contributed by atoms with Crippen LogP contribution < -0.4 is 4.90 Å². The predicted molar refractivity (Wildman–Crippen MR) is 77.1 cm³/mol. The standard InChI is InChI=1S/C16H21NO3/c18-15(19)9-12-10-17(11-16(20)7-3-4-8-16)14-6-2-1-5-13(12)14/h1-2,5-6,12,20H,3-4,7-11H2,(H,18,19). The molecule has 2 aliphatic rings. The van der Waals surface area contributed by atoms with E-state index in [-0.39, 0.29) is 12.3 Å². The first kappa shape index (κ1) is 13.4. The Bertz CT molecular complexity index is 508. The van der Waals surface area contributed by atoms with Crippen LogP contribution in [-0.4, -0.2) is 34.9 Å². The highest BCUT2D eigenvalue weighted by molar-refractivity contribution is 5.71. The molecule has 1 fully saturated rings. The molecule has 20 heavy (non-hydrogen) atoms. The first-order chi connectivity index (χ1) is 9.57. The molecular formula is C16H21NO3. The SMILES string of the molecule is O=C(O)CC1CN(CC2(O)CCCC2)c2ccccc21. The molecule has 108 valence electrons. The van der Waals surface area contributed by atoms with E-state index in [2.05, 4.69) is 4.90 Å². The highest BCUT2D eigenvalue weighted by Gasteiger charge is 2.37. The van der Waals surface area contributed by atoms with E-state index in [9.17, 15) is 9.90 Å². The molecule has 3 rings (SSSR count). The summed E-state index contributed by atoms with van der Waals surface area (Å²) in [7, 11) is 0. The number of benzene rings is 1. The number of anilines is 1. The Kier molecular flexibility index (Phi) is 3.42. The third-order valence-electron chi connectivity index (χ3n) is 4.60. The van der Waals surface area contributed by atoms with Crippen LogP contribution in [-0.2, 0) is 4.79 Å². The third-order valence-corrected chi connectivity index (χ3v) is 4.60. The molecule has 4 heteroatoms. The normalized spacial score (nSPS) is 23.9. The van der Waals surface area contributed by atoms with E-state index in [4.69, 9.17) is 5.11 Å². The van der Waals surface area contributed by atoms with Gasteiger partial charge in [-0.05, 0) is 24.5 Å². The summed E-state index contributed by atoms with van der Waals surface area (Å²) >= 11 is 0. The molecule has 1 aliphatic carbocycles. The van der Waals surface area contributed by atoms with Crippen molar-refractivity contribution in [2.24, 2.45) is 0 Å². The van der Waals surface area contributed by atoms with Crippen molar-refractivity contribution in [1.29, 1.82) is 0 Å². The maximum atomic E-state index is 11.0. The van der Waals surface area contributed by atoms with E-state index in [0.717, 1.165) is 36.9 Å². The highest BCUT2D eigenvalue weighted by Crippen LogP contribution is 2.40. The van der Waals surface area contributed by atoms with Crippen molar-refractivity contribution in [3.63, 3.8) is 0 Å². The minimum atomic E-state index is -0.758. The van der Waals surface area contributed by atoms with Gasteiger partial charge in [-0.3, -0.25) is 4.79 Å². The number of nitrogens with zero attached hydrogens (tertiary/aromatic N) is 1. The number of β-amino-alcohol motifs (C(OH)–C–C–N with tert-alkyl or cyclic N) is 1. The molecule has 1 aliphatic heterocycles. The van der Waals surface area contributed by atoms with E-state index >= 15 is 0 Å². The number of hydrogen-bond donors (Lipinski definition) is 2. The first-order valence-electron chi connectivity index (χ1n) is 7.35. The number of hydrogen-bond acceptors (Lipinski definition) is 3. The molecule has 0 aromatic heterocycles. The number of carboxylic acids is 1. The molecule has 0 spiro atoms. The van der Waals surface area contributed by atoms with Crippen LogP contribution in [0.5, 0.6) is 0 Å². The smallest absolute Gasteiger partial charge is 0.304 e. The second-order valence-corrected chi connectivity index (χ2v) is 6.17. The Hall–Kier alpha value is -1.55. The molecule has 1 heterocycles. The number of aliphatic hydroxyl groups is 1. The van der Waals surface area contributed by atoms with E-state index in [1.807, 2.05) is 24.3 Å². The van der Waals surface area contributed by atoms with Gasteiger partial charge in [-0.15, -0.1) is 0 Å². The summed E-state index contributed by atoms with van der Waals surface area (Å²) in [5, 5.41) is 19.6. The first-order valence-corrected chi connectivity index (χ1v) is 7.35. The Morgan fingerprint density at radius 2 is 2.00 bits per heavy atom. The van der Waals surface area contributed by atoms with Gasteiger partial charge in [-0.2, -0.15) is 0 Å². The van der Waals surface area contributed by atoms with Crippen molar-refractivity contribution < 1.29 is 15.0 Å². The highest BCUT2D eigenvalue weighted by atomic mass is 16.4. The average Bonchev–Trinajstić information content (AvgIpc) is 2.96. The van der Waals surface area contributed by atoms with Gasteiger partial charge in [0.1, 0.15) is 0 Å². The molecule has 1 saturated carbocycles. The summed E-state index contributed by atoms with van der Waals surface area (Å²) in [6.45, 7) is 1.33. The van der Waals surface area contributed by atoms with E-state index in [1.54, 1.807) is 0 Å². The third kappa shape index (κ3) is 2.52. The van der Waals surface area contributed by atoms with Crippen molar-refractivity contribution in [2.45, 2.75) is 43.6 Å². The van der Waals surface area contributed by atoms with Crippen LogP contribution in [0.25, 0.3) is 0 Å². The topological polar surface area (TPSA) is 60.8 Å². The number of carbonyl (C=O) groups is 1. The predicted octanol–water partition coefficient (Wildman–Crippen LogP) is 2.37. The number of fused-ring (bicyclic) bond motifs is 1. The van der Waals surface area contributed by atoms with Gasteiger partial charge in [0, 0.05) is 24.7 Å². The molecular weight excluding hydrogens is 254 g/mol. The molecule has 1 atom stereocenters. The Labute approximate surface area is 119 Å². The zero-order chi connectivity index (χ0) is 14.2. The lowest BCUT2D eigenvalue weighted by atomic mass is 9.98. The molecule has 0 bridgehead atoms. The zero-order valence-corrected chi connectivity index (χ0v) is 11.6. The lowest BCUT2D eigenvalue weighted by Gasteiger charge is -2.30. The molecule has 0 radical (unpaired) electrons. The molecule has 1 aromatic rings. The number of rotatable bonds is 4. The minimum absolute atomic E-state index is 0.0358. The summed E-state index contributed by atoms with van der Waals surface area (Å²) in [6.07, 6.45) is 4.05. The molecule has 0 amide bonds. The van der Waals surface area contributed by atoms with Gasteiger partial charge in [0.25, 0.3) is 0 Å². The summed E-state index contributed by atoms with van der Waals surface area (Å²) in [5.74, 6) is -0.722. The Morgan fingerprint density at radius 1 is 1.30 bits per heavy atom. The van der Waals surface area contributed by atoms with Gasteiger partial charge in [-0.25, -0.2) is 0 Å². The van der Waals surface area contributed by atoms with Gasteiger partial charge >= 0.3 is 5.97 Å². The maximum Gasteiger partial charge on any atom is 0.304 e. The van der Waals surface area contributed by atoms with Gasteiger partial charge in [0.2, 0.25) is 0 Å². The van der Waals surface area contributed by atoms with Crippen molar-refractivity contribution in [3.05, 3.63) is 29.8 Å². The summed E-state index contributed by atoms with van der Waals surface area (Å²) in [5.41, 5.74) is 1.61. The number of para-hydroxylation sites is 1. The number of aliphatic carboxylic acids is 1. The van der Waals surface area contributed by atoms with Crippen LogP contribution in [0.1, 0.15) is 43.6 Å². The maximum absolute atomic E-state index is 11.0. The average molecular weight is 275 g/mol. The molecule has 2 N–H and O–H groups in total. The van der Waals surface area contributed by atoms with Gasteiger partial charge in [0.15, 0.2) is 0 Å². The van der Waals surface area contributed by atoms with E-state index in [0.29, 0.717) is 13.1 Å². The monoisotopic (exact) mass is 275 g/mol. The van der Waals surface area contributed by atoms with Crippen LogP contribution in [0.15, 0.2) is 24.3 Å². The lowest BCUT2D eigenvalue weighted by molar-refractivity contribution is -0.137. The molecule has 4 nitrogen and oxygen atoms in total. The van der Waals surface area contributed by atoms with Gasteiger partial charge in [0.05, 0.1) is 12.0 Å².